The lowest BCUT2D eigenvalue weighted by molar-refractivity contribution is -0.137. The quantitative estimate of drug-likeness (QED) is 0.795. The Morgan fingerprint density at radius 3 is 2.76 bits per heavy atom. The number of alkyl halides is 3. The van der Waals surface area contributed by atoms with Gasteiger partial charge in [0.25, 0.3) is 0 Å². The summed E-state index contributed by atoms with van der Waals surface area (Å²) in [5.74, 6) is 0.208. The van der Waals surface area contributed by atoms with Crippen molar-refractivity contribution in [2.75, 3.05) is 13.1 Å². The molecule has 1 atom stereocenters. The lowest BCUT2D eigenvalue weighted by Crippen LogP contribution is -2.19. The Morgan fingerprint density at radius 2 is 2.00 bits per heavy atom. The summed E-state index contributed by atoms with van der Waals surface area (Å²) in [4.78, 5) is 0. The molecule has 0 saturated carbocycles. The molecule has 0 amide bonds. The van der Waals surface area contributed by atoms with Crippen LogP contribution < -0.4 is 5.32 Å². The van der Waals surface area contributed by atoms with E-state index in [1.165, 1.54) is 12.1 Å². The zero-order valence-corrected chi connectivity index (χ0v) is 9.56. The van der Waals surface area contributed by atoms with Crippen LogP contribution in [0.5, 0.6) is 0 Å². The van der Waals surface area contributed by atoms with Crippen LogP contribution >= 0.6 is 0 Å². The van der Waals surface area contributed by atoms with Crippen molar-refractivity contribution in [2.45, 2.75) is 31.4 Å². The summed E-state index contributed by atoms with van der Waals surface area (Å²) < 4.78 is 37.8. The summed E-state index contributed by atoms with van der Waals surface area (Å²) in [5, 5.41) is 3.27. The van der Waals surface area contributed by atoms with Crippen LogP contribution in [0.3, 0.4) is 0 Å². The van der Waals surface area contributed by atoms with Gasteiger partial charge in [-0.25, -0.2) is 0 Å². The zero-order valence-electron chi connectivity index (χ0n) is 9.56. The monoisotopic (exact) mass is 243 g/mol. The molecule has 1 fully saturated rings. The molecule has 0 radical (unpaired) electrons. The molecule has 2 rings (SSSR count). The van der Waals surface area contributed by atoms with Gasteiger partial charge in [-0.15, -0.1) is 0 Å². The highest BCUT2D eigenvalue weighted by Gasteiger charge is 2.31. The maximum absolute atomic E-state index is 12.6. The summed E-state index contributed by atoms with van der Waals surface area (Å²) >= 11 is 0. The van der Waals surface area contributed by atoms with E-state index in [-0.39, 0.29) is 5.92 Å². The normalized spacial score (nSPS) is 22.2. The van der Waals surface area contributed by atoms with Crippen molar-refractivity contribution in [3.63, 3.8) is 0 Å². The molecule has 1 N–H and O–H groups in total. The fourth-order valence-electron chi connectivity index (χ4n) is 2.27. The van der Waals surface area contributed by atoms with E-state index >= 15 is 0 Å². The Labute approximate surface area is 99.0 Å². The first-order valence-corrected chi connectivity index (χ1v) is 5.95. The van der Waals surface area contributed by atoms with Crippen LogP contribution in [0.2, 0.25) is 0 Å². The minimum absolute atomic E-state index is 0.208. The van der Waals surface area contributed by atoms with Crippen molar-refractivity contribution in [2.24, 2.45) is 0 Å². The first-order valence-electron chi connectivity index (χ1n) is 5.95. The van der Waals surface area contributed by atoms with Crippen molar-refractivity contribution >= 4 is 0 Å². The van der Waals surface area contributed by atoms with Gasteiger partial charge in [-0.3, -0.25) is 0 Å². The summed E-state index contributed by atoms with van der Waals surface area (Å²) in [6.45, 7) is 1.75. The minimum atomic E-state index is -4.24. The molecule has 1 saturated heterocycles. The van der Waals surface area contributed by atoms with E-state index in [0.29, 0.717) is 0 Å². The third-order valence-electron chi connectivity index (χ3n) is 3.23. The van der Waals surface area contributed by atoms with Crippen LogP contribution in [0.25, 0.3) is 0 Å². The molecule has 1 aromatic rings. The standard InChI is InChI=1S/C13H16F3N/c14-13(15,16)12-6-3-5-10(8-12)11-4-1-2-7-17-9-11/h3,5-6,8,11,17H,1-2,4,7,9H2. The Bertz CT molecular complexity index is 365. The first-order chi connectivity index (χ1) is 8.07. The smallest absolute Gasteiger partial charge is 0.316 e. The largest absolute Gasteiger partial charge is 0.416 e. The van der Waals surface area contributed by atoms with Crippen LogP contribution in [0.15, 0.2) is 24.3 Å². The van der Waals surface area contributed by atoms with Gasteiger partial charge in [0.2, 0.25) is 0 Å². The maximum atomic E-state index is 12.6. The third kappa shape index (κ3) is 3.22. The molecule has 1 unspecified atom stereocenters. The average molecular weight is 243 g/mol. The summed E-state index contributed by atoms with van der Waals surface area (Å²) in [5.41, 5.74) is 0.258. The average Bonchev–Trinajstić information content (AvgIpc) is 2.56. The summed E-state index contributed by atoms with van der Waals surface area (Å²) in [7, 11) is 0. The molecule has 1 aliphatic heterocycles. The van der Waals surface area contributed by atoms with Crippen molar-refractivity contribution < 1.29 is 13.2 Å². The van der Waals surface area contributed by atoms with E-state index in [1.807, 2.05) is 0 Å². The summed E-state index contributed by atoms with van der Waals surface area (Å²) in [6.07, 6.45) is -1.09. The van der Waals surface area contributed by atoms with Crippen LogP contribution in [0, 0.1) is 0 Å². The number of hydrogen-bond donors (Lipinski definition) is 1. The Morgan fingerprint density at radius 1 is 1.18 bits per heavy atom. The molecular weight excluding hydrogens is 227 g/mol. The second-order valence-corrected chi connectivity index (χ2v) is 4.52. The molecule has 1 heterocycles. The molecule has 0 aliphatic carbocycles. The topological polar surface area (TPSA) is 12.0 Å². The second-order valence-electron chi connectivity index (χ2n) is 4.52. The minimum Gasteiger partial charge on any atom is -0.316 e. The van der Waals surface area contributed by atoms with Gasteiger partial charge >= 0.3 is 6.18 Å². The van der Waals surface area contributed by atoms with Gasteiger partial charge < -0.3 is 5.32 Å². The predicted octanol–water partition coefficient (Wildman–Crippen LogP) is 3.56. The van der Waals surface area contributed by atoms with Crippen molar-refractivity contribution in [3.8, 4) is 0 Å². The van der Waals surface area contributed by atoms with E-state index in [2.05, 4.69) is 5.32 Å². The van der Waals surface area contributed by atoms with Crippen molar-refractivity contribution in [1.29, 1.82) is 0 Å². The summed E-state index contributed by atoms with van der Waals surface area (Å²) in [6, 6.07) is 5.72. The highest BCUT2D eigenvalue weighted by atomic mass is 19.4. The Balaban J connectivity index is 2.20. The van der Waals surface area contributed by atoms with Crippen molar-refractivity contribution in [3.05, 3.63) is 35.4 Å². The SMILES string of the molecule is FC(F)(F)c1cccc(C2CCCCNC2)c1. The predicted molar refractivity (Wildman–Crippen MR) is 60.9 cm³/mol. The molecule has 94 valence electrons. The fraction of sp³-hybridized carbons (Fsp3) is 0.538. The molecule has 0 bridgehead atoms. The number of halogens is 3. The van der Waals surface area contributed by atoms with Gasteiger partial charge in [-0.1, -0.05) is 24.6 Å². The van der Waals surface area contributed by atoms with E-state index in [1.54, 1.807) is 6.07 Å². The molecule has 0 spiro atoms. The molecule has 4 heteroatoms. The number of nitrogens with one attached hydrogen (secondary N) is 1. The van der Waals surface area contributed by atoms with E-state index in [4.69, 9.17) is 0 Å². The third-order valence-corrected chi connectivity index (χ3v) is 3.23. The number of hydrogen-bond acceptors (Lipinski definition) is 1. The molecule has 1 aromatic carbocycles. The Kier molecular flexibility index (Phi) is 3.72. The van der Waals surface area contributed by atoms with Crippen LogP contribution in [0.4, 0.5) is 13.2 Å². The van der Waals surface area contributed by atoms with Gasteiger partial charge in [-0.2, -0.15) is 13.2 Å². The van der Waals surface area contributed by atoms with Gasteiger partial charge in [0, 0.05) is 6.54 Å². The van der Waals surface area contributed by atoms with Gasteiger partial charge in [0.1, 0.15) is 0 Å². The lowest BCUT2D eigenvalue weighted by atomic mass is 9.93. The molecule has 0 aromatic heterocycles. The molecular formula is C13H16F3N. The molecule has 1 nitrogen and oxygen atoms in total. The highest BCUT2D eigenvalue weighted by Crippen LogP contribution is 2.32. The van der Waals surface area contributed by atoms with Gasteiger partial charge in [0.05, 0.1) is 5.56 Å². The number of benzene rings is 1. The maximum Gasteiger partial charge on any atom is 0.416 e. The molecule has 17 heavy (non-hydrogen) atoms. The van der Waals surface area contributed by atoms with Crippen LogP contribution in [-0.4, -0.2) is 13.1 Å². The van der Waals surface area contributed by atoms with E-state index < -0.39 is 11.7 Å². The zero-order chi connectivity index (χ0) is 12.3. The molecule has 1 aliphatic rings. The van der Waals surface area contributed by atoms with Gasteiger partial charge in [-0.05, 0) is 36.9 Å². The van der Waals surface area contributed by atoms with Crippen LogP contribution in [-0.2, 0) is 6.18 Å². The van der Waals surface area contributed by atoms with E-state index in [0.717, 1.165) is 44.0 Å². The highest BCUT2D eigenvalue weighted by molar-refractivity contribution is 5.28. The van der Waals surface area contributed by atoms with Crippen molar-refractivity contribution in [1.82, 2.24) is 5.32 Å². The van der Waals surface area contributed by atoms with Crippen LogP contribution in [0.1, 0.15) is 36.3 Å². The first kappa shape index (κ1) is 12.4. The lowest BCUT2D eigenvalue weighted by Gasteiger charge is -2.16. The van der Waals surface area contributed by atoms with E-state index in [9.17, 15) is 13.2 Å². The number of rotatable bonds is 1. The Hall–Kier alpha value is -1.03. The van der Waals surface area contributed by atoms with Gasteiger partial charge in [0.15, 0.2) is 0 Å². The second kappa shape index (κ2) is 5.08. The fourth-order valence-corrected chi connectivity index (χ4v) is 2.27.